The van der Waals surface area contributed by atoms with Crippen LogP contribution >= 0.6 is 0 Å². The van der Waals surface area contributed by atoms with Crippen molar-refractivity contribution in [1.29, 1.82) is 0 Å². The summed E-state index contributed by atoms with van der Waals surface area (Å²) in [5, 5.41) is 64.9. The van der Waals surface area contributed by atoms with Gasteiger partial charge in [0.05, 0.1) is 31.7 Å². The molecule has 2 aliphatic heterocycles. The highest BCUT2D eigenvalue weighted by atomic mass is 16.4. The zero-order valence-electron chi connectivity index (χ0n) is 34.3. The van der Waals surface area contributed by atoms with Crippen LogP contribution in [-0.4, -0.2) is 164 Å². The van der Waals surface area contributed by atoms with Gasteiger partial charge < -0.3 is 45.7 Å². The number of phenolic OH excluding ortho intramolecular Hbond substituents is 1. The summed E-state index contributed by atoms with van der Waals surface area (Å²) in [6, 6.07) is 18.1. The molecule has 0 radical (unpaired) electrons. The molecule has 336 valence electrons. The number of aromatic hydroxyl groups is 1. The number of hydrogen-bond acceptors (Lipinski definition) is 13. The van der Waals surface area contributed by atoms with E-state index in [0.29, 0.717) is 27.8 Å². The van der Waals surface area contributed by atoms with Crippen LogP contribution in [0.25, 0.3) is 33.4 Å². The number of phenols is 1. The molecule has 20 nitrogen and oxygen atoms in total. The Bertz CT molecular complexity index is 2580. The summed E-state index contributed by atoms with van der Waals surface area (Å²) >= 11 is 0. The average molecular weight is 883 g/mol. The van der Waals surface area contributed by atoms with Crippen LogP contribution in [0.5, 0.6) is 5.75 Å². The highest BCUT2D eigenvalue weighted by Gasteiger charge is 2.28. The van der Waals surface area contributed by atoms with E-state index in [2.05, 4.69) is 10.6 Å². The first-order valence-electron chi connectivity index (χ1n) is 20.0. The molecule has 2 heterocycles. The number of carbonyl (C=O) groups is 6. The molecule has 1 aliphatic carbocycles. The van der Waals surface area contributed by atoms with E-state index in [-0.39, 0.29) is 105 Å². The number of rotatable bonds is 14. The third kappa shape index (κ3) is 12.4. The summed E-state index contributed by atoms with van der Waals surface area (Å²) in [7, 11) is 0. The fourth-order valence-electron chi connectivity index (χ4n) is 7.81. The number of amides is 2. The summed E-state index contributed by atoms with van der Waals surface area (Å²) in [5.41, 5.74) is 2.04. The first-order valence-corrected chi connectivity index (χ1v) is 20.0. The van der Waals surface area contributed by atoms with Crippen molar-refractivity contribution in [3.8, 4) is 28.2 Å². The number of benzene rings is 4. The number of carboxylic acids is 5. The van der Waals surface area contributed by atoms with E-state index in [0.717, 1.165) is 0 Å². The molecular formula is C44H46N6O14. The Kier molecular flexibility index (Phi) is 14.9. The van der Waals surface area contributed by atoms with Crippen molar-refractivity contribution in [2.45, 2.75) is 12.5 Å². The molecular weight excluding hydrogens is 837 g/mol. The Hall–Kier alpha value is -7.39. The van der Waals surface area contributed by atoms with Gasteiger partial charge in [-0.3, -0.25) is 43.6 Å². The van der Waals surface area contributed by atoms with Crippen molar-refractivity contribution >= 4 is 58.2 Å². The minimum absolute atomic E-state index is 0.0790. The van der Waals surface area contributed by atoms with Crippen molar-refractivity contribution in [2.75, 3.05) is 82.6 Å². The maximum Gasteiger partial charge on any atom is 0.336 e. The zero-order valence-corrected chi connectivity index (χ0v) is 34.3. The van der Waals surface area contributed by atoms with Crippen molar-refractivity contribution in [1.82, 2.24) is 19.6 Å². The summed E-state index contributed by atoms with van der Waals surface area (Å²) < 4.78 is 5.88. The molecule has 0 spiro atoms. The number of nitrogens with zero attached hydrogens (tertiary/aromatic N) is 4. The molecule has 6 rings (SSSR count). The summed E-state index contributed by atoms with van der Waals surface area (Å²) in [5.74, 6) is -5.71. The number of anilines is 2. The van der Waals surface area contributed by atoms with Gasteiger partial charge in [0, 0.05) is 91.9 Å². The van der Waals surface area contributed by atoms with Gasteiger partial charge in [-0.1, -0.05) is 18.2 Å². The van der Waals surface area contributed by atoms with E-state index < -0.39 is 55.0 Å². The molecule has 1 atom stereocenters. The lowest BCUT2D eigenvalue weighted by atomic mass is 9.90. The molecule has 0 aromatic heterocycles. The van der Waals surface area contributed by atoms with Gasteiger partial charge in [0.1, 0.15) is 17.1 Å². The third-order valence-corrected chi connectivity index (χ3v) is 10.7. The largest absolute Gasteiger partial charge is 0.508 e. The number of aliphatic carboxylic acids is 4. The van der Waals surface area contributed by atoms with E-state index >= 15 is 0 Å². The number of aromatic carboxylic acids is 1. The maximum absolute atomic E-state index is 13.2. The van der Waals surface area contributed by atoms with Crippen LogP contribution in [0.2, 0.25) is 0 Å². The van der Waals surface area contributed by atoms with E-state index in [4.69, 9.17) is 4.42 Å². The van der Waals surface area contributed by atoms with E-state index in [9.17, 15) is 64.2 Å². The second-order valence-corrected chi connectivity index (χ2v) is 15.3. The van der Waals surface area contributed by atoms with Gasteiger partial charge in [-0.15, -0.1) is 0 Å². The van der Waals surface area contributed by atoms with Crippen LogP contribution < -0.4 is 16.1 Å². The molecule has 1 unspecified atom stereocenters. The minimum Gasteiger partial charge on any atom is -0.508 e. The molecule has 3 aliphatic rings. The summed E-state index contributed by atoms with van der Waals surface area (Å²) in [6.07, 6.45) is 0.219. The molecule has 0 saturated carbocycles. The van der Waals surface area contributed by atoms with Gasteiger partial charge in [0.2, 0.25) is 0 Å². The van der Waals surface area contributed by atoms with Crippen LogP contribution in [-0.2, 0) is 25.6 Å². The number of urea groups is 1. The van der Waals surface area contributed by atoms with Gasteiger partial charge >= 0.3 is 35.9 Å². The molecule has 20 heteroatoms. The van der Waals surface area contributed by atoms with Crippen molar-refractivity contribution < 1.29 is 63.8 Å². The zero-order chi connectivity index (χ0) is 46.1. The lowest BCUT2D eigenvalue weighted by molar-refractivity contribution is -0.142. The number of nitrogens with one attached hydrogen (secondary N) is 2. The topological polar surface area (TPSA) is 291 Å². The highest BCUT2D eigenvalue weighted by Crippen LogP contribution is 2.42. The van der Waals surface area contributed by atoms with Gasteiger partial charge in [-0.25, -0.2) is 9.59 Å². The van der Waals surface area contributed by atoms with Crippen molar-refractivity contribution in [3.63, 3.8) is 0 Å². The Morgan fingerprint density at radius 2 is 1.17 bits per heavy atom. The van der Waals surface area contributed by atoms with Gasteiger partial charge in [0.25, 0.3) is 0 Å². The second-order valence-electron chi connectivity index (χ2n) is 15.3. The quantitative estimate of drug-likeness (QED) is 0.0744. The molecule has 64 heavy (non-hydrogen) atoms. The van der Waals surface area contributed by atoms with Gasteiger partial charge in [-0.05, 0) is 66.1 Å². The predicted molar refractivity (Wildman–Crippen MR) is 231 cm³/mol. The maximum atomic E-state index is 13.2. The van der Waals surface area contributed by atoms with E-state index in [1.165, 1.54) is 48.5 Å². The number of carboxylic acid groups (broad SMARTS) is 5. The van der Waals surface area contributed by atoms with Gasteiger partial charge in [-0.2, -0.15) is 0 Å². The van der Waals surface area contributed by atoms with Crippen LogP contribution in [0.15, 0.2) is 88.1 Å². The van der Waals surface area contributed by atoms with E-state index in [1.807, 2.05) is 0 Å². The number of fused-ring (bicyclic) bond motifs is 2. The number of carbonyl (C=O) groups excluding carboxylic acids is 1. The SMILES string of the molecule is O=C(O)CN1CCN(CC(=O)O)CCN(CC(=O)O)C(Cc2ccc(NC(=O)Nc3ccc(-c4c5ccc(=O)cc-5oc5cc(O)ccc45)c(C(=O)O)c3)cc2)CN(CC(=O)O)CC1. The molecule has 2 amide bonds. The van der Waals surface area contributed by atoms with E-state index in [1.54, 1.807) is 49.9 Å². The highest BCUT2D eigenvalue weighted by molar-refractivity contribution is 6.09. The first kappa shape index (κ1) is 46.1. The monoisotopic (exact) mass is 882 g/mol. The fourth-order valence-corrected chi connectivity index (χ4v) is 7.81. The average Bonchev–Trinajstić information content (AvgIpc) is 3.21. The lowest BCUT2D eigenvalue weighted by Crippen LogP contribution is -2.53. The van der Waals surface area contributed by atoms with Crippen LogP contribution in [0.3, 0.4) is 0 Å². The Labute approximate surface area is 364 Å². The molecule has 3 aromatic rings. The standard InChI is InChI=1S/C44H46N6O14/c51-30-6-9-33-36(19-30)64-37-20-31(52)7-10-34(37)42(33)32-8-5-28(18-35(32)43(61)62)46-44(63)45-27-3-1-26(2-4-27)17-29-21-49(24-40(57)58)14-13-47(22-38(53)54)11-12-48(23-39(55)56)15-16-50(29)25-41(59)60/h1-10,18-20,29,51H,11-17,21-25H2,(H,53,54)(H,55,56)(H,57,58)(H,59,60)(H,61,62)(H2,45,46,63). The first-order chi connectivity index (χ1) is 30.5. The molecule has 1 fully saturated rings. The Morgan fingerprint density at radius 1 is 0.609 bits per heavy atom. The van der Waals surface area contributed by atoms with Gasteiger partial charge in [0.15, 0.2) is 5.43 Å². The van der Waals surface area contributed by atoms with Crippen LogP contribution in [0, 0.1) is 0 Å². The summed E-state index contributed by atoms with van der Waals surface area (Å²) in [6.45, 7) is -0.549. The van der Waals surface area contributed by atoms with Crippen LogP contribution in [0.1, 0.15) is 15.9 Å². The predicted octanol–water partition coefficient (Wildman–Crippen LogP) is 3.08. The van der Waals surface area contributed by atoms with Crippen molar-refractivity contribution in [3.05, 3.63) is 100 Å². The fraction of sp³-hybridized carbons (Fsp3) is 0.295. The molecule has 8 N–H and O–H groups in total. The normalized spacial score (nSPS) is 16.1. The third-order valence-electron chi connectivity index (χ3n) is 10.7. The molecule has 1 saturated heterocycles. The van der Waals surface area contributed by atoms with Crippen LogP contribution in [0.4, 0.5) is 16.2 Å². The molecule has 3 aromatic carbocycles. The minimum atomic E-state index is -1.30. The smallest absolute Gasteiger partial charge is 0.336 e. The Balaban J connectivity index is 1.21. The summed E-state index contributed by atoms with van der Waals surface area (Å²) in [4.78, 5) is 91.9. The second kappa shape index (κ2) is 20.7. The Morgan fingerprint density at radius 3 is 1.80 bits per heavy atom. The molecule has 0 bridgehead atoms. The van der Waals surface area contributed by atoms with Crippen molar-refractivity contribution in [2.24, 2.45) is 0 Å². The lowest BCUT2D eigenvalue weighted by Gasteiger charge is -2.37. The number of hydrogen-bond donors (Lipinski definition) is 8.